The van der Waals surface area contributed by atoms with E-state index in [2.05, 4.69) is 11.4 Å². The van der Waals surface area contributed by atoms with Crippen LogP contribution in [0.2, 0.25) is 0 Å². The molecular formula is C28H23N3O2S. The van der Waals surface area contributed by atoms with Crippen molar-refractivity contribution in [2.24, 2.45) is 0 Å². The summed E-state index contributed by atoms with van der Waals surface area (Å²) in [5.41, 5.74) is 4.91. The number of methoxy groups -OCH3 is 1. The van der Waals surface area contributed by atoms with Gasteiger partial charge in [0.05, 0.1) is 24.1 Å². The molecule has 0 saturated heterocycles. The number of carbonyl (C=O) groups excluding carboxylic acids is 1. The third-order valence-corrected chi connectivity index (χ3v) is 6.22. The second kappa shape index (κ2) is 11.2. The van der Waals surface area contributed by atoms with E-state index in [0.717, 1.165) is 33.7 Å². The molecule has 168 valence electrons. The van der Waals surface area contributed by atoms with Crippen LogP contribution in [-0.4, -0.2) is 23.8 Å². The van der Waals surface area contributed by atoms with E-state index in [1.807, 2.05) is 91.0 Å². The number of amides is 1. The first-order valence-electron chi connectivity index (χ1n) is 10.8. The van der Waals surface area contributed by atoms with Crippen molar-refractivity contribution in [3.05, 3.63) is 102 Å². The van der Waals surface area contributed by atoms with E-state index in [-0.39, 0.29) is 11.7 Å². The van der Waals surface area contributed by atoms with Gasteiger partial charge in [-0.05, 0) is 29.3 Å². The van der Waals surface area contributed by atoms with E-state index in [0.29, 0.717) is 17.1 Å². The maximum absolute atomic E-state index is 12.6. The molecule has 0 atom stereocenters. The Labute approximate surface area is 203 Å². The molecule has 0 aliphatic heterocycles. The molecule has 0 bridgehead atoms. The Hall–Kier alpha value is -4.08. The number of benzene rings is 3. The molecule has 0 saturated carbocycles. The van der Waals surface area contributed by atoms with E-state index >= 15 is 0 Å². The molecule has 0 aliphatic carbocycles. The minimum absolute atomic E-state index is 0.127. The Morgan fingerprint density at radius 2 is 1.62 bits per heavy atom. The van der Waals surface area contributed by atoms with Gasteiger partial charge in [0.15, 0.2) is 0 Å². The highest BCUT2D eigenvalue weighted by atomic mass is 32.2. The molecule has 6 heteroatoms. The zero-order valence-electron chi connectivity index (χ0n) is 18.7. The van der Waals surface area contributed by atoms with Crippen molar-refractivity contribution >= 4 is 17.7 Å². The Bertz CT molecular complexity index is 1300. The Kier molecular flexibility index (Phi) is 7.59. The normalized spacial score (nSPS) is 10.4. The van der Waals surface area contributed by atoms with Gasteiger partial charge in [-0.2, -0.15) is 5.26 Å². The number of hydrogen-bond donors (Lipinski definition) is 1. The zero-order chi connectivity index (χ0) is 23.8. The molecule has 0 fully saturated rings. The molecule has 5 nitrogen and oxygen atoms in total. The fourth-order valence-corrected chi connectivity index (χ4v) is 4.30. The summed E-state index contributed by atoms with van der Waals surface area (Å²) >= 11 is 1.27. The number of aromatic nitrogens is 1. The van der Waals surface area contributed by atoms with Gasteiger partial charge < -0.3 is 10.1 Å². The molecule has 1 aromatic heterocycles. The highest BCUT2D eigenvalue weighted by molar-refractivity contribution is 8.00. The maximum atomic E-state index is 12.6. The largest absolute Gasteiger partial charge is 0.497 e. The number of thioether (sulfide) groups is 1. The number of carbonyl (C=O) groups is 1. The van der Waals surface area contributed by atoms with Gasteiger partial charge >= 0.3 is 0 Å². The minimum atomic E-state index is -0.127. The lowest BCUT2D eigenvalue weighted by atomic mass is 9.99. The van der Waals surface area contributed by atoms with E-state index in [9.17, 15) is 10.1 Å². The standard InChI is InChI=1S/C28H23N3O2S/c1-33-23-14-12-20(13-15-23)18-30-27(32)19-34-28-25(17-29)24(21-8-4-2-5-9-21)16-26(31-28)22-10-6-3-7-11-22/h2-16H,18-19H2,1H3,(H,30,32). The van der Waals surface area contributed by atoms with Crippen molar-refractivity contribution in [3.63, 3.8) is 0 Å². The van der Waals surface area contributed by atoms with Crippen molar-refractivity contribution < 1.29 is 9.53 Å². The van der Waals surface area contributed by atoms with Gasteiger partial charge in [-0.15, -0.1) is 0 Å². The van der Waals surface area contributed by atoms with Gasteiger partial charge in [-0.3, -0.25) is 4.79 Å². The summed E-state index contributed by atoms with van der Waals surface area (Å²) < 4.78 is 5.16. The van der Waals surface area contributed by atoms with Gasteiger partial charge in [0.2, 0.25) is 5.91 Å². The SMILES string of the molecule is COc1ccc(CNC(=O)CSc2nc(-c3ccccc3)cc(-c3ccccc3)c2C#N)cc1. The molecule has 4 rings (SSSR count). The van der Waals surface area contributed by atoms with E-state index < -0.39 is 0 Å². The lowest BCUT2D eigenvalue weighted by Gasteiger charge is -2.13. The average molecular weight is 466 g/mol. The molecule has 1 amide bonds. The first-order chi connectivity index (χ1) is 16.7. The van der Waals surface area contributed by atoms with E-state index in [4.69, 9.17) is 9.72 Å². The molecule has 0 unspecified atom stereocenters. The van der Waals surface area contributed by atoms with Crippen molar-refractivity contribution in [2.75, 3.05) is 12.9 Å². The molecule has 3 aromatic carbocycles. The topological polar surface area (TPSA) is 75.0 Å². The second-order valence-corrected chi connectivity index (χ2v) is 8.46. The van der Waals surface area contributed by atoms with Crippen LogP contribution in [0.5, 0.6) is 5.75 Å². The number of ether oxygens (including phenoxy) is 1. The van der Waals surface area contributed by atoms with Crippen LogP contribution in [-0.2, 0) is 11.3 Å². The number of nitrogens with zero attached hydrogens (tertiary/aromatic N) is 2. The third kappa shape index (κ3) is 5.64. The highest BCUT2D eigenvalue weighted by Crippen LogP contribution is 2.34. The Balaban J connectivity index is 1.56. The van der Waals surface area contributed by atoms with Crippen LogP contribution < -0.4 is 10.1 Å². The first-order valence-corrected chi connectivity index (χ1v) is 11.7. The Morgan fingerprint density at radius 3 is 2.24 bits per heavy atom. The van der Waals surface area contributed by atoms with Gasteiger partial charge in [0.25, 0.3) is 0 Å². The summed E-state index contributed by atoms with van der Waals surface area (Å²) in [6.07, 6.45) is 0. The van der Waals surface area contributed by atoms with Crippen molar-refractivity contribution in [3.8, 4) is 34.2 Å². The smallest absolute Gasteiger partial charge is 0.230 e. The van der Waals surface area contributed by atoms with E-state index in [1.165, 1.54) is 11.8 Å². The Morgan fingerprint density at radius 1 is 0.971 bits per heavy atom. The molecule has 1 N–H and O–H groups in total. The quantitative estimate of drug-likeness (QED) is 0.338. The van der Waals surface area contributed by atoms with Crippen molar-refractivity contribution in [2.45, 2.75) is 11.6 Å². The summed E-state index contributed by atoms with van der Waals surface area (Å²) in [5, 5.41) is 13.4. The number of rotatable bonds is 8. The van der Waals surface area contributed by atoms with Gasteiger partial charge in [-0.25, -0.2) is 4.98 Å². The summed E-state index contributed by atoms with van der Waals surface area (Å²) in [7, 11) is 1.62. The lowest BCUT2D eigenvalue weighted by molar-refractivity contribution is -0.118. The van der Waals surface area contributed by atoms with E-state index in [1.54, 1.807) is 7.11 Å². The molecule has 0 aliphatic rings. The van der Waals surface area contributed by atoms with Crippen molar-refractivity contribution in [1.82, 2.24) is 10.3 Å². The maximum Gasteiger partial charge on any atom is 0.230 e. The zero-order valence-corrected chi connectivity index (χ0v) is 19.5. The molecule has 0 radical (unpaired) electrons. The highest BCUT2D eigenvalue weighted by Gasteiger charge is 2.17. The number of nitrogens with one attached hydrogen (secondary N) is 1. The summed E-state index contributed by atoms with van der Waals surface area (Å²) in [6.45, 7) is 0.418. The predicted octanol–water partition coefficient (Wildman–Crippen LogP) is 5.70. The average Bonchev–Trinajstić information content (AvgIpc) is 2.91. The summed E-state index contributed by atoms with van der Waals surface area (Å²) in [4.78, 5) is 17.3. The molecular weight excluding hydrogens is 442 g/mol. The molecule has 34 heavy (non-hydrogen) atoms. The van der Waals surface area contributed by atoms with Gasteiger partial charge in [-0.1, -0.05) is 84.6 Å². The van der Waals surface area contributed by atoms with Crippen LogP contribution in [0, 0.1) is 11.3 Å². The van der Waals surface area contributed by atoms with Crippen LogP contribution in [0.25, 0.3) is 22.4 Å². The van der Waals surface area contributed by atoms with Crippen LogP contribution in [0.3, 0.4) is 0 Å². The number of pyridine rings is 1. The predicted molar refractivity (Wildman–Crippen MR) is 135 cm³/mol. The fraction of sp³-hybridized carbons (Fsp3) is 0.107. The summed E-state index contributed by atoms with van der Waals surface area (Å²) in [6, 6.07) is 31.4. The summed E-state index contributed by atoms with van der Waals surface area (Å²) in [5.74, 6) is 0.802. The molecule has 4 aromatic rings. The molecule has 0 spiro atoms. The number of hydrogen-bond acceptors (Lipinski definition) is 5. The first kappa shape index (κ1) is 23.1. The van der Waals surface area contributed by atoms with Gasteiger partial charge in [0, 0.05) is 17.7 Å². The second-order valence-electron chi connectivity index (χ2n) is 7.49. The fourth-order valence-electron chi connectivity index (χ4n) is 3.47. The van der Waals surface area contributed by atoms with Gasteiger partial charge in [0.1, 0.15) is 16.8 Å². The van der Waals surface area contributed by atoms with Crippen LogP contribution in [0.4, 0.5) is 0 Å². The van der Waals surface area contributed by atoms with Crippen LogP contribution in [0.15, 0.2) is 96.0 Å². The molecule has 1 heterocycles. The van der Waals surface area contributed by atoms with Crippen LogP contribution in [0.1, 0.15) is 11.1 Å². The minimum Gasteiger partial charge on any atom is -0.497 e. The van der Waals surface area contributed by atoms with Crippen LogP contribution >= 0.6 is 11.8 Å². The monoisotopic (exact) mass is 465 g/mol. The lowest BCUT2D eigenvalue weighted by Crippen LogP contribution is -2.24. The van der Waals surface area contributed by atoms with Crippen molar-refractivity contribution in [1.29, 1.82) is 5.26 Å². The third-order valence-electron chi connectivity index (χ3n) is 5.24. The number of nitriles is 1.